The van der Waals surface area contributed by atoms with E-state index in [-0.39, 0.29) is 11.2 Å². The van der Waals surface area contributed by atoms with Crippen LogP contribution in [0.25, 0.3) is 5.65 Å². The van der Waals surface area contributed by atoms with Crippen LogP contribution in [0, 0.1) is 0 Å². The maximum absolute atomic E-state index is 13.0. The van der Waals surface area contributed by atoms with Gasteiger partial charge < -0.3 is 4.90 Å². The summed E-state index contributed by atoms with van der Waals surface area (Å²) in [7, 11) is 0. The lowest BCUT2D eigenvalue weighted by molar-refractivity contribution is -0.133. The summed E-state index contributed by atoms with van der Waals surface area (Å²) in [5.41, 5.74) is 0.549. The number of carbonyl (C=O) groups excluding carboxylic acids is 1. The van der Waals surface area contributed by atoms with Crippen molar-refractivity contribution in [3.63, 3.8) is 0 Å². The smallest absolute Gasteiger partial charge is 0.236 e. The van der Waals surface area contributed by atoms with E-state index in [1.807, 2.05) is 11.8 Å². The SMILES string of the molecule is CCN(C(=O)[C@H](C)Sc1nnc2c(Cl)cc(Cl)cn12)C1CCCCC1. The molecular formula is C17H22Cl2N4OS. The van der Waals surface area contributed by atoms with Gasteiger partial charge in [-0.2, -0.15) is 0 Å². The summed E-state index contributed by atoms with van der Waals surface area (Å²) in [6.45, 7) is 4.72. The molecule has 1 aliphatic carbocycles. The summed E-state index contributed by atoms with van der Waals surface area (Å²) in [5, 5.41) is 9.62. The number of pyridine rings is 1. The Morgan fingerprint density at radius 3 is 2.76 bits per heavy atom. The summed E-state index contributed by atoms with van der Waals surface area (Å²) in [6.07, 6.45) is 7.64. The van der Waals surface area contributed by atoms with E-state index in [1.165, 1.54) is 31.0 Å². The average Bonchev–Trinajstić information content (AvgIpc) is 2.99. The molecule has 0 radical (unpaired) electrons. The fourth-order valence-corrected chi connectivity index (χ4v) is 4.81. The first-order chi connectivity index (χ1) is 12.0. The fourth-order valence-electron chi connectivity index (χ4n) is 3.41. The van der Waals surface area contributed by atoms with Crippen LogP contribution in [0.2, 0.25) is 10.0 Å². The third-order valence-electron chi connectivity index (χ3n) is 4.66. The molecule has 2 aromatic rings. The summed E-state index contributed by atoms with van der Waals surface area (Å²) >= 11 is 13.6. The van der Waals surface area contributed by atoms with Gasteiger partial charge in [-0.15, -0.1) is 10.2 Å². The van der Waals surface area contributed by atoms with Crippen LogP contribution in [0.1, 0.15) is 46.0 Å². The number of hydrogen-bond acceptors (Lipinski definition) is 4. The fraction of sp³-hybridized carbons (Fsp3) is 0.588. The van der Waals surface area contributed by atoms with Crippen LogP contribution in [0.15, 0.2) is 17.4 Å². The summed E-state index contributed by atoms with van der Waals surface area (Å²) < 4.78 is 1.75. The first-order valence-electron chi connectivity index (χ1n) is 8.68. The minimum Gasteiger partial charge on any atom is -0.339 e. The van der Waals surface area contributed by atoms with E-state index in [0.29, 0.717) is 26.9 Å². The Morgan fingerprint density at radius 1 is 1.36 bits per heavy atom. The molecule has 0 aromatic carbocycles. The van der Waals surface area contributed by atoms with Crippen LogP contribution in [-0.2, 0) is 4.79 Å². The molecule has 3 rings (SSSR count). The highest BCUT2D eigenvalue weighted by atomic mass is 35.5. The minimum atomic E-state index is -0.243. The lowest BCUT2D eigenvalue weighted by Crippen LogP contribution is -2.44. The van der Waals surface area contributed by atoms with E-state index in [4.69, 9.17) is 23.2 Å². The molecule has 1 amide bonds. The Kier molecular flexibility index (Phi) is 6.12. The standard InChI is InChI=1S/C17H22Cl2N4OS/c1-3-22(13-7-5-4-6-8-13)16(24)11(2)25-17-21-20-15-14(19)9-12(18)10-23(15)17/h9-11,13H,3-8H2,1-2H3/t11-/m0/s1. The monoisotopic (exact) mass is 400 g/mol. The third kappa shape index (κ3) is 4.07. The van der Waals surface area contributed by atoms with E-state index in [0.717, 1.165) is 19.4 Å². The zero-order chi connectivity index (χ0) is 18.0. The molecule has 5 nitrogen and oxygen atoms in total. The van der Waals surface area contributed by atoms with E-state index in [2.05, 4.69) is 17.1 Å². The van der Waals surface area contributed by atoms with Crippen molar-refractivity contribution in [3.05, 3.63) is 22.3 Å². The molecular weight excluding hydrogens is 379 g/mol. The van der Waals surface area contributed by atoms with Crippen molar-refractivity contribution in [3.8, 4) is 0 Å². The highest BCUT2D eigenvalue weighted by Crippen LogP contribution is 2.30. The van der Waals surface area contributed by atoms with Gasteiger partial charge in [-0.05, 0) is 32.8 Å². The number of nitrogens with zero attached hydrogens (tertiary/aromatic N) is 4. The normalized spacial score (nSPS) is 17.0. The molecule has 1 atom stereocenters. The topological polar surface area (TPSA) is 50.5 Å². The van der Waals surface area contributed by atoms with Gasteiger partial charge >= 0.3 is 0 Å². The maximum Gasteiger partial charge on any atom is 0.236 e. The second-order valence-electron chi connectivity index (χ2n) is 6.36. The van der Waals surface area contributed by atoms with Crippen molar-refractivity contribution in [1.82, 2.24) is 19.5 Å². The molecule has 1 saturated carbocycles. The number of fused-ring (bicyclic) bond motifs is 1. The average molecular weight is 401 g/mol. The van der Waals surface area contributed by atoms with Crippen LogP contribution in [0.3, 0.4) is 0 Å². The summed E-state index contributed by atoms with van der Waals surface area (Å²) in [5.74, 6) is 0.157. The second-order valence-corrected chi connectivity index (χ2v) is 8.51. The van der Waals surface area contributed by atoms with Crippen LogP contribution in [0.4, 0.5) is 0 Å². The van der Waals surface area contributed by atoms with Gasteiger partial charge in [-0.3, -0.25) is 9.20 Å². The molecule has 1 aliphatic rings. The number of rotatable bonds is 5. The van der Waals surface area contributed by atoms with Crippen molar-refractivity contribution in [2.45, 2.75) is 62.4 Å². The lowest BCUT2D eigenvalue weighted by Gasteiger charge is -2.35. The van der Waals surface area contributed by atoms with Gasteiger partial charge in [0, 0.05) is 18.8 Å². The Morgan fingerprint density at radius 2 is 2.08 bits per heavy atom. The molecule has 136 valence electrons. The van der Waals surface area contributed by atoms with Crippen molar-refractivity contribution < 1.29 is 4.79 Å². The number of carbonyl (C=O) groups is 1. The second kappa shape index (κ2) is 8.14. The van der Waals surface area contributed by atoms with E-state index in [1.54, 1.807) is 16.7 Å². The van der Waals surface area contributed by atoms with Gasteiger partial charge in [0.1, 0.15) is 0 Å². The largest absolute Gasteiger partial charge is 0.339 e. The van der Waals surface area contributed by atoms with Crippen LogP contribution in [0.5, 0.6) is 0 Å². The molecule has 0 bridgehead atoms. The van der Waals surface area contributed by atoms with Gasteiger partial charge in [0.05, 0.1) is 15.3 Å². The van der Waals surface area contributed by atoms with Gasteiger partial charge in [-0.25, -0.2) is 0 Å². The molecule has 2 heterocycles. The van der Waals surface area contributed by atoms with Gasteiger partial charge in [0.25, 0.3) is 0 Å². The van der Waals surface area contributed by atoms with Gasteiger partial charge in [0.15, 0.2) is 10.8 Å². The highest BCUT2D eigenvalue weighted by Gasteiger charge is 2.29. The summed E-state index contributed by atoms with van der Waals surface area (Å²) in [4.78, 5) is 15.0. The number of hydrogen-bond donors (Lipinski definition) is 0. The molecule has 1 fully saturated rings. The van der Waals surface area contributed by atoms with Crippen molar-refractivity contribution in [2.75, 3.05) is 6.54 Å². The molecule has 8 heteroatoms. The Hall–Kier alpha value is -0.980. The van der Waals surface area contributed by atoms with E-state index in [9.17, 15) is 4.79 Å². The minimum absolute atomic E-state index is 0.157. The predicted octanol–water partition coefficient (Wildman–Crippen LogP) is 4.70. The molecule has 0 aliphatic heterocycles. The van der Waals surface area contributed by atoms with Crippen molar-refractivity contribution >= 4 is 46.5 Å². The first kappa shape index (κ1) is 18.8. The number of thioether (sulfide) groups is 1. The number of aromatic nitrogens is 3. The number of halogens is 2. The molecule has 0 saturated heterocycles. The third-order valence-corrected chi connectivity index (χ3v) is 6.19. The van der Waals surface area contributed by atoms with E-state index < -0.39 is 0 Å². The molecule has 0 N–H and O–H groups in total. The van der Waals surface area contributed by atoms with E-state index >= 15 is 0 Å². The highest BCUT2D eigenvalue weighted by molar-refractivity contribution is 8.00. The maximum atomic E-state index is 13.0. The lowest BCUT2D eigenvalue weighted by atomic mass is 9.94. The first-order valence-corrected chi connectivity index (χ1v) is 10.3. The number of amides is 1. The van der Waals surface area contributed by atoms with Crippen molar-refractivity contribution in [1.29, 1.82) is 0 Å². The van der Waals surface area contributed by atoms with Crippen LogP contribution in [-0.4, -0.2) is 43.2 Å². The van der Waals surface area contributed by atoms with Gasteiger partial charge in [-0.1, -0.05) is 54.2 Å². The zero-order valence-electron chi connectivity index (χ0n) is 14.4. The predicted molar refractivity (Wildman–Crippen MR) is 103 cm³/mol. The molecule has 0 unspecified atom stereocenters. The van der Waals surface area contributed by atoms with Crippen molar-refractivity contribution in [2.24, 2.45) is 0 Å². The van der Waals surface area contributed by atoms with Gasteiger partial charge in [0.2, 0.25) is 5.91 Å². The van der Waals surface area contributed by atoms with Crippen LogP contribution >= 0.6 is 35.0 Å². The Labute approximate surface area is 162 Å². The Balaban J connectivity index is 1.77. The molecule has 2 aromatic heterocycles. The zero-order valence-corrected chi connectivity index (χ0v) is 16.7. The molecule has 25 heavy (non-hydrogen) atoms. The quantitative estimate of drug-likeness (QED) is 0.682. The Bertz CT molecular complexity index is 760. The molecule has 0 spiro atoms. The van der Waals surface area contributed by atoms with Crippen LogP contribution < -0.4 is 0 Å². The summed E-state index contributed by atoms with van der Waals surface area (Å²) in [6, 6.07) is 2.01.